The summed E-state index contributed by atoms with van der Waals surface area (Å²) in [5.74, 6) is 0.580. The van der Waals surface area contributed by atoms with Crippen LogP contribution in [0.15, 0.2) is 62.6 Å². The number of halogens is 1. The van der Waals surface area contributed by atoms with E-state index in [1.165, 1.54) is 4.57 Å². The van der Waals surface area contributed by atoms with Crippen molar-refractivity contribution in [3.8, 4) is 0 Å². The van der Waals surface area contributed by atoms with Gasteiger partial charge in [-0.05, 0) is 32.4 Å². The van der Waals surface area contributed by atoms with Gasteiger partial charge in [0.1, 0.15) is 5.52 Å². The van der Waals surface area contributed by atoms with Crippen molar-refractivity contribution in [1.82, 2.24) is 23.7 Å². The van der Waals surface area contributed by atoms with Crippen molar-refractivity contribution >= 4 is 34.9 Å². The smallest absolute Gasteiger partial charge is 0.330 e. The van der Waals surface area contributed by atoms with Crippen LogP contribution in [0, 0.1) is 0 Å². The van der Waals surface area contributed by atoms with E-state index < -0.39 is 0 Å². The molecule has 0 atom stereocenters. The molecule has 0 saturated heterocycles. The van der Waals surface area contributed by atoms with Crippen LogP contribution in [0.2, 0.25) is 5.15 Å². The molecule has 0 unspecified atom stereocenters. The van der Waals surface area contributed by atoms with Gasteiger partial charge in [0.2, 0.25) is 5.95 Å². The van der Waals surface area contributed by atoms with Gasteiger partial charge < -0.3 is 15.0 Å². The lowest BCUT2D eigenvalue weighted by molar-refractivity contribution is 0.300. The number of rotatable bonds is 7. The third-order valence-corrected chi connectivity index (χ3v) is 5.57. The number of aliphatic imine (C=N–C) groups is 1. The normalized spacial score (nSPS) is 14.0. The maximum Gasteiger partial charge on any atom is 0.330 e. The molecule has 0 spiro atoms. The van der Waals surface area contributed by atoms with E-state index in [-0.39, 0.29) is 23.3 Å². The van der Waals surface area contributed by atoms with Gasteiger partial charge in [-0.3, -0.25) is 14.1 Å². The SMILES string of the molecule is COC1=C=C(C)C=NC(Cn2c(=O)n(CCCn3cccc3)c3c(Cl)nc(N)nc32)=C1C. The average Bonchev–Trinajstić information content (AvgIpc) is 3.32. The fourth-order valence-corrected chi connectivity index (χ4v) is 3.96. The molecule has 1 aliphatic heterocycles. The molecule has 166 valence electrons. The summed E-state index contributed by atoms with van der Waals surface area (Å²) in [5.41, 5.74) is 11.9. The maximum atomic E-state index is 13.4. The molecule has 0 amide bonds. The molecule has 4 rings (SSSR count). The highest BCUT2D eigenvalue weighted by Gasteiger charge is 2.21. The predicted molar refractivity (Wildman–Crippen MR) is 125 cm³/mol. The largest absolute Gasteiger partial charge is 0.489 e. The van der Waals surface area contributed by atoms with Crippen molar-refractivity contribution in [2.75, 3.05) is 12.8 Å². The number of nitrogens with two attached hydrogens (primary N) is 1. The van der Waals surface area contributed by atoms with Crippen LogP contribution in [-0.2, 0) is 24.4 Å². The van der Waals surface area contributed by atoms with Crippen molar-refractivity contribution in [3.63, 3.8) is 0 Å². The van der Waals surface area contributed by atoms with Crippen LogP contribution in [0.1, 0.15) is 20.3 Å². The van der Waals surface area contributed by atoms with Gasteiger partial charge in [0, 0.05) is 42.8 Å². The molecule has 0 saturated carbocycles. The Labute approximate surface area is 189 Å². The van der Waals surface area contributed by atoms with Crippen molar-refractivity contribution < 1.29 is 4.74 Å². The molecule has 32 heavy (non-hydrogen) atoms. The Hall–Kier alpha value is -3.55. The Morgan fingerprint density at radius 3 is 2.62 bits per heavy atom. The number of hydrogen-bond acceptors (Lipinski definition) is 6. The van der Waals surface area contributed by atoms with E-state index in [4.69, 9.17) is 22.1 Å². The number of hydrogen-bond donors (Lipinski definition) is 1. The molecule has 0 bridgehead atoms. The van der Waals surface area contributed by atoms with Crippen LogP contribution in [0.5, 0.6) is 0 Å². The average molecular weight is 454 g/mol. The van der Waals surface area contributed by atoms with E-state index in [1.807, 2.05) is 38.4 Å². The minimum absolute atomic E-state index is 0.00537. The number of ether oxygens (including phenoxy) is 1. The first-order chi connectivity index (χ1) is 15.4. The molecule has 9 nitrogen and oxygen atoms in total. The Balaban J connectivity index is 1.76. The molecule has 2 N–H and O–H groups in total. The Kier molecular flexibility index (Phi) is 6.03. The summed E-state index contributed by atoms with van der Waals surface area (Å²) < 4.78 is 10.6. The topological polar surface area (TPSA) is 105 Å². The molecular weight excluding hydrogens is 430 g/mol. The third kappa shape index (κ3) is 4.12. The number of anilines is 1. The van der Waals surface area contributed by atoms with Crippen molar-refractivity contribution in [3.05, 3.63) is 68.5 Å². The van der Waals surface area contributed by atoms with Crippen molar-refractivity contribution in [2.24, 2.45) is 4.99 Å². The van der Waals surface area contributed by atoms with Gasteiger partial charge in [-0.2, -0.15) is 9.97 Å². The zero-order chi connectivity index (χ0) is 22.8. The van der Waals surface area contributed by atoms with E-state index in [0.29, 0.717) is 29.2 Å². The van der Waals surface area contributed by atoms with Crippen molar-refractivity contribution in [1.29, 1.82) is 0 Å². The molecule has 3 aromatic heterocycles. The van der Waals surface area contributed by atoms with Gasteiger partial charge in [-0.25, -0.2) is 4.79 Å². The summed E-state index contributed by atoms with van der Waals surface area (Å²) in [6, 6.07) is 3.93. The third-order valence-electron chi connectivity index (χ3n) is 5.30. The summed E-state index contributed by atoms with van der Waals surface area (Å²) in [7, 11) is 1.58. The van der Waals surface area contributed by atoms with Crippen LogP contribution in [0.25, 0.3) is 11.2 Å². The summed E-state index contributed by atoms with van der Waals surface area (Å²) in [4.78, 5) is 26.4. The van der Waals surface area contributed by atoms with E-state index >= 15 is 0 Å². The van der Waals surface area contributed by atoms with Crippen LogP contribution < -0.4 is 11.4 Å². The lowest BCUT2D eigenvalue weighted by Gasteiger charge is -2.09. The summed E-state index contributed by atoms with van der Waals surface area (Å²) in [6.45, 7) is 5.17. The van der Waals surface area contributed by atoms with Gasteiger partial charge in [-0.1, -0.05) is 17.3 Å². The highest BCUT2D eigenvalue weighted by Crippen LogP contribution is 2.24. The van der Waals surface area contributed by atoms with Crippen LogP contribution in [-0.4, -0.2) is 37.0 Å². The quantitative estimate of drug-likeness (QED) is 0.437. The molecule has 10 heteroatoms. The number of nitrogens with zero attached hydrogens (tertiary/aromatic N) is 6. The molecule has 0 radical (unpaired) electrons. The predicted octanol–water partition coefficient (Wildman–Crippen LogP) is 3.15. The first-order valence-corrected chi connectivity index (χ1v) is 10.6. The fraction of sp³-hybridized carbons (Fsp3) is 0.318. The minimum Gasteiger partial charge on any atom is -0.489 e. The highest BCUT2D eigenvalue weighted by molar-refractivity contribution is 6.33. The van der Waals surface area contributed by atoms with Crippen LogP contribution in [0.3, 0.4) is 0 Å². The molecule has 0 aromatic carbocycles. The number of aryl methyl sites for hydroxylation is 2. The first kappa shape index (κ1) is 21.7. The van der Waals surface area contributed by atoms with E-state index in [9.17, 15) is 4.79 Å². The second kappa shape index (κ2) is 8.90. The fourth-order valence-electron chi connectivity index (χ4n) is 3.69. The summed E-state index contributed by atoms with van der Waals surface area (Å²) >= 11 is 6.41. The molecule has 0 fully saturated rings. The van der Waals surface area contributed by atoms with Crippen molar-refractivity contribution in [2.45, 2.75) is 39.9 Å². The molecule has 1 aliphatic rings. The molecule has 0 aliphatic carbocycles. The monoisotopic (exact) mass is 453 g/mol. The van der Waals surface area contributed by atoms with Gasteiger partial charge >= 0.3 is 5.69 Å². The molecule has 3 aromatic rings. The minimum atomic E-state index is -0.248. The number of nitrogen functional groups attached to an aromatic ring is 1. The van der Waals surface area contributed by atoms with Crippen LogP contribution >= 0.6 is 11.6 Å². The zero-order valence-corrected chi connectivity index (χ0v) is 18.9. The molecular formula is C22H24ClN7O2. The van der Waals surface area contributed by atoms with Crippen LogP contribution in [0.4, 0.5) is 5.95 Å². The Morgan fingerprint density at radius 1 is 1.16 bits per heavy atom. The van der Waals surface area contributed by atoms with E-state index in [1.54, 1.807) is 17.9 Å². The lowest BCUT2D eigenvalue weighted by Crippen LogP contribution is -2.25. The van der Waals surface area contributed by atoms with Gasteiger partial charge in [0.25, 0.3) is 0 Å². The van der Waals surface area contributed by atoms with E-state index in [2.05, 4.69) is 25.3 Å². The number of fused-ring (bicyclic) bond motifs is 1. The highest BCUT2D eigenvalue weighted by atomic mass is 35.5. The number of methoxy groups -OCH3 is 1. The number of imidazole rings is 1. The Morgan fingerprint density at radius 2 is 1.91 bits per heavy atom. The number of aromatic nitrogens is 5. The standard InChI is InChI=1S/C22H24ClN7O2/c1-14-11-17(32-3)15(2)16(25-12-14)13-30-20-18(19(23)26-21(24)27-20)29(22(30)31)10-6-9-28-7-4-5-8-28/h4-5,7-8,12H,6,9-10,13H2,1-3H3,(H2,24,26,27). The Bertz CT molecular complexity index is 1350. The summed E-state index contributed by atoms with van der Waals surface area (Å²) in [5, 5.41) is 0.148. The second-order valence-electron chi connectivity index (χ2n) is 7.51. The van der Waals surface area contributed by atoms with Gasteiger partial charge in [0.05, 0.1) is 19.4 Å². The van der Waals surface area contributed by atoms with Gasteiger partial charge in [0.15, 0.2) is 16.6 Å². The zero-order valence-electron chi connectivity index (χ0n) is 18.2. The van der Waals surface area contributed by atoms with E-state index in [0.717, 1.165) is 24.1 Å². The maximum absolute atomic E-state index is 13.4. The first-order valence-electron chi connectivity index (χ1n) is 10.2. The second-order valence-corrected chi connectivity index (χ2v) is 7.87. The van der Waals surface area contributed by atoms with Gasteiger partial charge in [-0.15, -0.1) is 0 Å². The summed E-state index contributed by atoms with van der Waals surface area (Å²) in [6.07, 6.45) is 6.40. The molecule has 4 heterocycles. The number of allylic oxidation sites excluding steroid dienone is 2. The lowest BCUT2D eigenvalue weighted by atomic mass is 10.2.